The lowest BCUT2D eigenvalue weighted by Crippen LogP contribution is -2.04. The van der Waals surface area contributed by atoms with Crippen molar-refractivity contribution in [1.82, 2.24) is 4.98 Å². The largest absolute Gasteiger partial charge is 0.330 e. The molecule has 1 rings (SSSR count). The summed E-state index contributed by atoms with van der Waals surface area (Å²) in [7, 11) is 0. The first-order valence-corrected chi connectivity index (χ1v) is 5.11. The van der Waals surface area contributed by atoms with E-state index < -0.39 is 0 Å². The van der Waals surface area contributed by atoms with Crippen molar-refractivity contribution in [2.45, 2.75) is 6.42 Å². The van der Waals surface area contributed by atoms with Gasteiger partial charge in [-0.3, -0.25) is 0 Å². The average Bonchev–Trinajstić information content (AvgIpc) is 1.85. The van der Waals surface area contributed by atoms with Crippen LogP contribution in [-0.4, -0.2) is 11.5 Å². The number of rotatable bonds is 2. The molecule has 0 radical (unpaired) electrons. The molecule has 0 saturated carbocycles. The third-order valence-electron chi connectivity index (χ3n) is 1.21. The average molecular weight is 327 g/mol. The van der Waals surface area contributed by atoms with Gasteiger partial charge < -0.3 is 5.73 Å². The Morgan fingerprint density at radius 2 is 2.27 bits per heavy atom. The van der Waals surface area contributed by atoms with Crippen molar-refractivity contribution in [2.75, 3.05) is 6.54 Å². The molecule has 0 amide bonds. The fourth-order valence-corrected chi connectivity index (χ4v) is 2.35. The highest BCUT2D eigenvalue weighted by atomic mass is 127. The van der Waals surface area contributed by atoms with E-state index in [1.807, 2.05) is 12.1 Å². The predicted octanol–water partition coefficient (Wildman–Crippen LogP) is 1.95. The molecule has 2 nitrogen and oxygen atoms in total. The lowest BCUT2D eigenvalue weighted by molar-refractivity contribution is 0.915. The van der Waals surface area contributed by atoms with Crippen LogP contribution in [0.3, 0.4) is 0 Å². The first-order chi connectivity index (χ1) is 5.22. The van der Waals surface area contributed by atoms with Gasteiger partial charge in [-0.15, -0.1) is 0 Å². The molecule has 0 spiro atoms. The standard InChI is InChI=1S/C7H8BrIN2/c8-5-3-6(1-2-10)11-7(9)4-5/h3-4H,1-2,10H2. The molecule has 0 aliphatic rings. The molecule has 0 aromatic carbocycles. The topological polar surface area (TPSA) is 38.9 Å². The van der Waals surface area contributed by atoms with E-state index >= 15 is 0 Å². The number of halogens is 2. The van der Waals surface area contributed by atoms with Gasteiger partial charge >= 0.3 is 0 Å². The summed E-state index contributed by atoms with van der Waals surface area (Å²) < 4.78 is 2.07. The molecule has 0 aliphatic heterocycles. The quantitative estimate of drug-likeness (QED) is 0.666. The molecule has 11 heavy (non-hydrogen) atoms. The van der Waals surface area contributed by atoms with Crippen LogP contribution >= 0.6 is 38.5 Å². The molecule has 1 aromatic rings. The maximum Gasteiger partial charge on any atom is 0.102 e. The number of hydrogen-bond donors (Lipinski definition) is 1. The first-order valence-electron chi connectivity index (χ1n) is 3.24. The van der Waals surface area contributed by atoms with Crippen LogP contribution in [0.5, 0.6) is 0 Å². The normalized spacial score (nSPS) is 10.1. The summed E-state index contributed by atoms with van der Waals surface area (Å²) in [5.41, 5.74) is 6.45. The summed E-state index contributed by atoms with van der Waals surface area (Å²) in [6, 6.07) is 3.97. The zero-order valence-electron chi connectivity index (χ0n) is 5.85. The Bertz CT molecular complexity index is 232. The molecule has 0 unspecified atom stereocenters. The second kappa shape index (κ2) is 4.37. The van der Waals surface area contributed by atoms with E-state index in [9.17, 15) is 0 Å². The van der Waals surface area contributed by atoms with Gasteiger partial charge in [-0.25, -0.2) is 4.98 Å². The van der Waals surface area contributed by atoms with Crippen LogP contribution in [0.1, 0.15) is 5.69 Å². The van der Waals surface area contributed by atoms with Gasteiger partial charge in [0.05, 0.1) is 0 Å². The minimum atomic E-state index is 0.652. The zero-order chi connectivity index (χ0) is 8.27. The number of aromatic nitrogens is 1. The Morgan fingerprint density at radius 1 is 1.55 bits per heavy atom. The van der Waals surface area contributed by atoms with Gasteiger partial charge in [-0.2, -0.15) is 0 Å². The first kappa shape index (κ1) is 9.41. The smallest absolute Gasteiger partial charge is 0.102 e. The molecule has 2 N–H and O–H groups in total. The van der Waals surface area contributed by atoms with Crippen LogP contribution in [0.15, 0.2) is 16.6 Å². The van der Waals surface area contributed by atoms with Crippen molar-refractivity contribution in [2.24, 2.45) is 5.73 Å². The third-order valence-corrected chi connectivity index (χ3v) is 2.22. The fourth-order valence-electron chi connectivity index (χ4n) is 0.792. The number of nitrogens with two attached hydrogens (primary N) is 1. The summed E-state index contributed by atoms with van der Waals surface area (Å²) in [6.45, 7) is 0.652. The highest BCUT2D eigenvalue weighted by Gasteiger charge is 1.97. The van der Waals surface area contributed by atoms with Crippen LogP contribution in [-0.2, 0) is 6.42 Å². The molecule has 0 aliphatic carbocycles. The second-order valence-corrected chi connectivity index (χ2v) is 4.16. The summed E-state index contributed by atoms with van der Waals surface area (Å²) >= 11 is 5.59. The number of nitrogens with zero attached hydrogens (tertiary/aromatic N) is 1. The Kier molecular flexibility index (Phi) is 3.74. The van der Waals surface area contributed by atoms with Crippen LogP contribution in [0.25, 0.3) is 0 Å². The molecular formula is C7H8BrIN2. The zero-order valence-corrected chi connectivity index (χ0v) is 9.59. The van der Waals surface area contributed by atoms with Crippen molar-refractivity contribution in [3.8, 4) is 0 Å². The van der Waals surface area contributed by atoms with E-state index in [-0.39, 0.29) is 0 Å². The van der Waals surface area contributed by atoms with E-state index in [1.165, 1.54) is 0 Å². The minimum Gasteiger partial charge on any atom is -0.330 e. The maximum absolute atomic E-state index is 5.40. The molecule has 0 bridgehead atoms. The SMILES string of the molecule is NCCc1cc(Br)cc(I)n1. The molecule has 1 aromatic heterocycles. The van der Waals surface area contributed by atoms with E-state index in [1.54, 1.807) is 0 Å². The van der Waals surface area contributed by atoms with E-state index in [0.717, 1.165) is 20.3 Å². The van der Waals surface area contributed by atoms with Crippen molar-refractivity contribution in [3.05, 3.63) is 26.0 Å². The van der Waals surface area contributed by atoms with Crippen molar-refractivity contribution < 1.29 is 0 Å². The monoisotopic (exact) mass is 326 g/mol. The van der Waals surface area contributed by atoms with Crippen molar-refractivity contribution >= 4 is 38.5 Å². The highest BCUT2D eigenvalue weighted by Crippen LogP contribution is 2.14. The van der Waals surface area contributed by atoms with Gasteiger partial charge in [0, 0.05) is 16.6 Å². The van der Waals surface area contributed by atoms with Gasteiger partial charge in [0.2, 0.25) is 0 Å². The molecule has 0 fully saturated rings. The van der Waals surface area contributed by atoms with Crippen LogP contribution in [0.4, 0.5) is 0 Å². The molecule has 0 atom stereocenters. The summed E-state index contributed by atoms with van der Waals surface area (Å²) in [4.78, 5) is 4.30. The number of pyridine rings is 1. The summed E-state index contributed by atoms with van der Waals surface area (Å²) in [5.74, 6) is 0. The lowest BCUT2D eigenvalue weighted by Gasteiger charge is -1.99. The maximum atomic E-state index is 5.40. The van der Waals surface area contributed by atoms with Crippen molar-refractivity contribution in [3.63, 3.8) is 0 Å². The summed E-state index contributed by atoms with van der Waals surface area (Å²) in [6.07, 6.45) is 0.843. The van der Waals surface area contributed by atoms with Crippen LogP contribution < -0.4 is 5.73 Å². The minimum absolute atomic E-state index is 0.652. The Hall–Kier alpha value is 0.320. The van der Waals surface area contributed by atoms with Crippen LogP contribution in [0, 0.1) is 3.70 Å². The van der Waals surface area contributed by atoms with Gasteiger partial charge in [-0.1, -0.05) is 15.9 Å². The Labute approximate surface area is 87.9 Å². The van der Waals surface area contributed by atoms with E-state index in [0.29, 0.717) is 6.54 Å². The molecular weight excluding hydrogens is 319 g/mol. The Balaban J connectivity index is 2.89. The van der Waals surface area contributed by atoms with Gasteiger partial charge in [0.15, 0.2) is 0 Å². The van der Waals surface area contributed by atoms with Crippen molar-refractivity contribution in [1.29, 1.82) is 0 Å². The molecule has 1 heterocycles. The lowest BCUT2D eigenvalue weighted by atomic mass is 10.3. The van der Waals surface area contributed by atoms with Crippen LogP contribution in [0.2, 0.25) is 0 Å². The van der Waals surface area contributed by atoms with E-state index in [2.05, 4.69) is 43.5 Å². The third kappa shape index (κ3) is 3.04. The molecule has 0 saturated heterocycles. The Morgan fingerprint density at radius 3 is 2.82 bits per heavy atom. The van der Waals surface area contributed by atoms with Gasteiger partial charge in [0.1, 0.15) is 3.70 Å². The van der Waals surface area contributed by atoms with Gasteiger partial charge in [0.25, 0.3) is 0 Å². The highest BCUT2D eigenvalue weighted by molar-refractivity contribution is 14.1. The van der Waals surface area contributed by atoms with E-state index in [4.69, 9.17) is 5.73 Å². The fraction of sp³-hybridized carbons (Fsp3) is 0.286. The molecule has 60 valence electrons. The summed E-state index contributed by atoms with van der Waals surface area (Å²) in [5, 5.41) is 0. The number of hydrogen-bond acceptors (Lipinski definition) is 2. The molecule has 4 heteroatoms. The predicted molar refractivity (Wildman–Crippen MR) is 57.4 cm³/mol. The van der Waals surface area contributed by atoms with Gasteiger partial charge in [-0.05, 0) is 41.3 Å². The second-order valence-electron chi connectivity index (χ2n) is 2.14.